The molecule has 264 valence electrons. The molecule has 4 aromatic rings. The highest BCUT2D eigenvalue weighted by Gasteiger charge is 2.38. The number of likely N-dealkylation sites (N-methyl/N-ethyl adjacent to an activating group) is 1. The van der Waals surface area contributed by atoms with Gasteiger partial charge in [0, 0.05) is 56.1 Å². The van der Waals surface area contributed by atoms with Crippen LogP contribution in [0.3, 0.4) is 0 Å². The summed E-state index contributed by atoms with van der Waals surface area (Å²) in [5.41, 5.74) is 3.39. The predicted molar refractivity (Wildman–Crippen MR) is 191 cm³/mol. The van der Waals surface area contributed by atoms with E-state index >= 15 is 0 Å². The Bertz CT molecular complexity index is 1760. The minimum atomic E-state index is -0.840. The highest BCUT2D eigenvalue weighted by Crippen LogP contribution is 2.35. The van der Waals surface area contributed by atoms with E-state index in [4.69, 9.17) is 4.74 Å². The van der Waals surface area contributed by atoms with E-state index in [1.165, 1.54) is 31.7 Å². The molecule has 1 aliphatic carbocycles. The van der Waals surface area contributed by atoms with Crippen LogP contribution in [-0.4, -0.2) is 94.8 Å². The fraction of sp³-hybridized carbons (Fsp3) is 0.528. The first-order valence-electron chi connectivity index (χ1n) is 17.2. The molecule has 10 nitrogen and oxygen atoms in total. The number of phenolic OH excluding ortho intramolecular Hbond substituents is 1. The number of morpholine rings is 1. The monoisotopic (exact) mass is 711 g/mol. The lowest BCUT2D eigenvalue weighted by Crippen LogP contribution is -2.55. The van der Waals surface area contributed by atoms with Crippen molar-refractivity contribution in [1.82, 2.24) is 25.1 Å². The molecule has 1 unspecified atom stereocenters. The number of aromatic nitrogens is 2. The van der Waals surface area contributed by atoms with E-state index in [1.807, 2.05) is 5.38 Å². The van der Waals surface area contributed by atoms with Gasteiger partial charge < -0.3 is 30.2 Å². The van der Waals surface area contributed by atoms with Crippen molar-refractivity contribution in [3.8, 4) is 5.75 Å². The molecule has 1 saturated carbocycles. The zero-order chi connectivity index (χ0) is 34.4. The van der Waals surface area contributed by atoms with Crippen LogP contribution in [0.15, 0.2) is 40.5 Å². The van der Waals surface area contributed by atoms with Crippen LogP contribution >= 0.6 is 22.7 Å². The first kappa shape index (κ1) is 35.8. The summed E-state index contributed by atoms with van der Waals surface area (Å²) in [7, 11) is 2.15. The summed E-state index contributed by atoms with van der Waals surface area (Å²) in [5.74, 6) is 0.397. The molecule has 0 amide bonds. The number of phenols is 1. The van der Waals surface area contributed by atoms with Crippen molar-refractivity contribution < 1.29 is 24.1 Å². The summed E-state index contributed by atoms with van der Waals surface area (Å²) < 4.78 is 21.1. The van der Waals surface area contributed by atoms with E-state index in [1.54, 1.807) is 29.5 Å². The number of H-pyrrole nitrogens is 1. The van der Waals surface area contributed by atoms with Gasteiger partial charge in [-0.25, -0.2) is 9.37 Å². The lowest BCUT2D eigenvalue weighted by Gasteiger charge is -2.46. The molecule has 4 heterocycles. The largest absolute Gasteiger partial charge is 0.506 e. The molecule has 2 saturated heterocycles. The maximum atomic E-state index is 14.4. The van der Waals surface area contributed by atoms with Gasteiger partial charge in [-0.05, 0) is 75.0 Å². The fourth-order valence-electron chi connectivity index (χ4n) is 7.27. The van der Waals surface area contributed by atoms with E-state index in [-0.39, 0.29) is 28.6 Å². The topological polar surface area (TPSA) is 131 Å². The SMILES string of the molecule is CN1CCOC2(CCN(Cc3cc(F)cc(CCNCC(O)c4ccc(O)c5[nH]c(=O)sc45)c3)CC2)C1.O=Cc1csc(C2CCCC2)n1. The first-order chi connectivity index (χ1) is 23.7. The number of nitrogens with one attached hydrogen (secondary N) is 2. The minimum absolute atomic E-state index is 0.0156. The predicted octanol–water partition coefficient (Wildman–Crippen LogP) is 5.21. The van der Waals surface area contributed by atoms with Crippen molar-refractivity contribution in [2.75, 3.05) is 52.9 Å². The maximum Gasteiger partial charge on any atom is 0.305 e. The number of hydrogen-bond acceptors (Lipinski definition) is 11. The molecule has 3 fully saturated rings. The molecule has 1 spiro atoms. The summed E-state index contributed by atoms with van der Waals surface area (Å²) >= 11 is 2.60. The zero-order valence-electron chi connectivity index (χ0n) is 28.0. The normalized spacial score (nSPS) is 19.2. The number of rotatable bonds is 10. The molecule has 1 atom stereocenters. The van der Waals surface area contributed by atoms with E-state index in [2.05, 4.69) is 38.2 Å². The van der Waals surface area contributed by atoms with Crippen LogP contribution in [0.4, 0.5) is 4.39 Å². The highest BCUT2D eigenvalue weighted by atomic mass is 32.1. The van der Waals surface area contributed by atoms with Crippen LogP contribution in [0.25, 0.3) is 10.2 Å². The second-order valence-electron chi connectivity index (χ2n) is 13.6. The number of fused-ring (bicyclic) bond motifs is 1. The molecule has 13 heteroatoms. The molecule has 49 heavy (non-hydrogen) atoms. The Morgan fingerprint density at radius 3 is 2.69 bits per heavy atom. The summed E-state index contributed by atoms with van der Waals surface area (Å²) in [6.45, 7) is 6.22. The summed E-state index contributed by atoms with van der Waals surface area (Å²) in [6, 6.07) is 8.36. The Balaban J connectivity index is 0.000000291. The molecule has 2 aromatic heterocycles. The maximum absolute atomic E-state index is 14.4. The first-order valence-corrected chi connectivity index (χ1v) is 18.9. The van der Waals surface area contributed by atoms with E-state index in [0.717, 1.165) is 85.9 Å². The average molecular weight is 712 g/mol. The van der Waals surface area contributed by atoms with Crippen molar-refractivity contribution in [1.29, 1.82) is 0 Å². The Hall–Kier alpha value is -3.04. The number of aromatic hydroxyl groups is 1. The number of nitrogens with zero attached hydrogens (tertiary/aromatic N) is 3. The standard InChI is InChI=1S/C27H35FN4O4S.C9H11NOS/c1-31-10-11-36-27(17-31)5-8-32(9-6-27)16-19-12-18(13-20(28)14-19)4-7-29-15-23(34)21-2-3-22(33)24-25(21)37-26(35)30-24;11-5-8-6-12-9(10-8)7-3-1-2-4-7/h2-3,12-14,23,29,33-34H,4-11,15-17H2,1H3,(H,30,35);5-7H,1-4H2. The van der Waals surface area contributed by atoms with Crippen LogP contribution in [0.1, 0.15) is 82.7 Å². The summed E-state index contributed by atoms with van der Waals surface area (Å²) in [5, 5.41) is 26.8. The molecule has 7 rings (SSSR count). The number of aromatic amines is 1. The molecule has 0 radical (unpaired) electrons. The van der Waals surface area contributed by atoms with Gasteiger partial charge >= 0.3 is 4.87 Å². The third kappa shape index (κ3) is 9.20. The number of halogens is 1. The van der Waals surface area contributed by atoms with Gasteiger partial charge in [0.25, 0.3) is 0 Å². The molecule has 2 aromatic carbocycles. The zero-order valence-corrected chi connectivity index (χ0v) is 29.6. The van der Waals surface area contributed by atoms with Crippen LogP contribution in [-0.2, 0) is 17.7 Å². The molecule has 3 aliphatic rings. The van der Waals surface area contributed by atoms with Crippen molar-refractivity contribution in [2.45, 2.75) is 69.1 Å². The van der Waals surface area contributed by atoms with Crippen molar-refractivity contribution in [2.24, 2.45) is 0 Å². The second-order valence-corrected chi connectivity index (χ2v) is 15.5. The molecular formula is C36H46FN5O5S2. The number of hydrogen-bond donors (Lipinski definition) is 4. The molecular weight excluding hydrogens is 666 g/mol. The third-order valence-corrected chi connectivity index (χ3v) is 11.8. The van der Waals surface area contributed by atoms with E-state index in [0.29, 0.717) is 40.4 Å². The quantitative estimate of drug-likeness (QED) is 0.129. The number of carbonyl (C=O) groups is 1. The minimum Gasteiger partial charge on any atom is -0.506 e. The number of piperidine rings is 1. The number of thiazole rings is 2. The van der Waals surface area contributed by atoms with Gasteiger partial charge in [-0.15, -0.1) is 11.3 Å². The second kappa shape index (κ2) is 16.3. The van der Waals surface area contributed by atoms with Gasteiger partial charge in [0.05, 0.1) is 28.0 Å². The van der Waals surface area contributed by atoms with Gasteiger partial charge in [-0.2, -0.15) is 0 Å². The fourth-order valence-corrected chi connectivity index (χ4v) is 9.12. The highest BCUT2D eigenvalue weighted by molar-refractivity contribution is 7.16. The Morgan fingerprint density at radius 1 is 1.18 bits per heavy atom. The lowest BCUT2D eigenvalue weighted by atomic mass is 9.89. The van der Waals surface area contributed by atoms with Gasteiger partial charge in [-0.3, -0.25) is 14.5 Å². The smallest absolute Gasteiger partial charge is 0.305 e. The number of carbonyl (C=O) groups excluding carboxylic acids is 1. The molecule has 2 aliphatic heterocycles. The van der Waals surface area contributed by atoms with E-state index in [9.17, 15) is 24.2 Å². The number of benzene rings is 2. The van der Waals surface area contributed by atoms with Gasteiger partial charge in [0.1, 0.15) is 22.8 Å². The molecule has 0 bridgehead atoms. The van der Waals surface area contributed by atoms with Crippen LogP contribution in [0.2, 0.25) is 0 Å². The van der Waals surface area contributed by atoms with Crippen LogP contribution in [0.5, 0.6) is 5.75 Å². The number of aliphatic hydroxyl groups is 1. The summed E-state index contributed by atoms with van der Waals surface area (Å²) in [6.07, 6.45) is 7.77. The number of aliphatic hydroxyl groups excluding tert-OH is 1. The van der Waals surface area contributed by atoms with Crippen molar-refractivity contribution >= 4 is 39.2 Å². The number of likely N-dealkylation sites (tertiary alicyclic amines) is 1. The van der Waals surface area contributed by atoms with E-state index < -0.39 is 6.10 Å². The van der Waals surface area contributed by atoms with Crippen molar-refractivity contribution in [3.63, 3.8) is 0 Å². The van der Waals surface area contributed by atoms with Crippen molar-refractivity contribution in [3.05, 3.63) is 78.6 Å². The average Bonchev–Trinajstić information content (AvgIpc) is 3.86. The Kier molecular flexibility index (Phi) is 11.9. The summed E-state index contributed by atoms with van der Waals surface area (Å²) in [4.78, 5) is 33.4. The van der Waals surface area contributed by atoms with Gasteiger partial charge in [0.2, 0.25) is 0 Å². The molecule has 4 N–H and O–H groups in total. The van der Waals surface area contributed by atoms with Gasteiger partial charge in [-0.1, -0.05) is 36.3 Å². The Morgan fingerprint density at radius 2 is 1.96 bits per heavy atom. The number of ether oxygens (including phenoxy) is 1. The third-order valence-electron chi connectivity index (χ3n) is 9.87. The van der Waals surface area contributed by atoms with Crippen LogP contribution < -0.4 is 10.2 Å². The Labute approximate surface area is 293 Å². The van der Waals surface area contributed by atoms with Crippen LogP contribution in [0, 0.1) is 5.82 Å². The lowest BCUT2D eigenvalue weighted by molar-refractivity contribution is -0.131. The van der Waals surface area contributed by atoms with Gasteiger partial charge in [0.15, 0.2) is 6.29 Å². The number of aldehydes is 1.